The van der Waals surface area contributed by atoms with Gasteiger partial charge in [-0.25, -0.2) is 0 Å². The van der Waals surface area contributed by atoms with Gasteiger partial charge >= 0.3 is 0 Å². The van der Waals surface area contributed by atoms with Crippen LogP contribution in [0, 0.1) is 5.92 Å². The van der Waals surface area contributed by atoms with Gasteiger partial charge in [0.15, 0.2) is 0 Å². The zero-order chi connectivity index (χ0) is 18.3. The molecule has 0 aromatic carbocycles. The molecule has 0 amide bonds. The summed E-state index contributed by atoms with van der Waals surface area (Å²) in [6, 6.07) is 0. The van der Waals surface area contributed by atoms with Gasteiger partial charge in [0.1, 0.15) is 0 Å². The van der Waals surface area contributed by atoms with Crippen LogP contribution in [0.25, 0.3) is 0 Å². The molecule has 0 spiro atoms. The lowest BCUT2D eigenvalue weighted by molar-refractivity contribution is 0.319. The van der Waals surface area contributed by atoms with Gasteiger partial charge in [0.25, 0.3) is 10.1 Å². The van der Waals surface area contributed by atoms with Crippen LogP contribution < -0.4 is 0 Å². The SMILES string of the molecule is CCCCCCCCCCCC(CCCS(=O)(=O)O)CCN(C)C. The van der Waals surface area contributed by atoms with Gasteiger partial charge in [-0.1, -0.05) is 71.1 Å². The summed E-state index contributed by atoms with van der Waals surface area (Å²) in [7, 11) is 0.351. The lowest BCUT2D eigenvalue weighted by Crippen LogP contribution is -2.17. The molecule has 0 aliphatic heterocycles. The first kappa shape index (κ1) is 23.9. The van der Waals surface area contributed by atoms with Gasteiger partial charge in [-0.2, -0.15) is 8.42 Å². The van der Waals surface area contributed by atoms with Crippen molar-refractivity contribution in [2.45, 2.75) is 90.4 Å². The van der Waals surface area contributed by atoms with Crippen molar-refractivity contribution in [3.8, 4) is 0 Å². The molecular formula is C19H41NO3S. The van der Waals surface area contributed by atoms with Crippen LogP contribution in [0.2, 0.25) is 0 Å². The van der Waals surface area contributed by atoms with Crippen LogP contribution in [-0.2, 0) is 10.1 Å². The Labute approximate surface area is 151 Å². The van der Waals surface area contributed by atoms with Gasteiger partial charge in [0.05, 0.1) is 5.75 Å². The molecule has 1 N–H and O–H groups in total. The van der Waals surface area contributed by atoms with Crippen LogP contribution in [0.1, 0.15) is 90.4 Å². The van der Waals surface area contributed by atoms with E-state index in [0.29, 0.717) is 12.3 Å². The lowest BCUT2D eigenvalue weighted by Gasteiger charge is -2.19. The molecule has 0 saturated carbocycles. The standard InChI is InChI=1S/C19H41NO3S/c1-4-5-6-7-8-9-10-11-12-14-19(16-17-20(2)3)15-13-18-24(21,22)23/h19H,4-18H2,1-3H3,(H,21,22,23). The van der Waals surface area contributed by atoms with Gasteiger partial charge in [0.2, 0.25) is 0 Å². The van der Waals surface area contributed by atoms with Gasteiger partial charge in [-0.3, -0.25) is 4.55 Å². The highest BCUT2D eigenvalue weighted by Gasteiger charge is 2.12. The van der Waals surface area contributed by atoms with E-state index >= 15 is 0 Å². The van der Waals surface area contributed by atoms with Crippen molar-refractivity contribution in [3.05, 3.63) is 0 Å². The highest BCUT2D eigenvalue weighted by Crippen LogP contribution is 2.21. The summed E-state index contributed by atoms with van der Waals surface area (Å²) >= 11 is 0. The number of nitrogens with zero attached hydrogens (tertiary/aromatic N) is 1. The molecule has 0 bridgehead atoms. The molecule has 1 unspecified atom stereocenters. The van der Waals surface area contributed by atoms with E-state index in [0.717, 1.165) is 19.4 Å². The lowest BCUT2D eigenvalue weighted by atomic mass is 9.93. The summed E-state index contributed by atoms with van der Waals surface area (Å²) < 4.78 is 30.6. The Bertz CT molecular complexity index is 369. The van der Waals surface area contributed by atoms with Crippen molar-refractivity contribution < 1.29 is 13.0 Å². The Kier molecular flexibility index (Phi) is 15.1. The molecule has 0 heterocycles. The third-order valence-electron chi connectivity index (χ3n) is 4.72. The van der Waals surface area contributed by atoms with Crippen molar-refractivity contribution in [1.29, 1.82) is 0 Å². The fourth-order valence-corrected chi connectivity index (χ4v) is 3.70. The highest BCUT2D eigenvalue weighted by molar-refractivity contribution is 7.85. The zero-order valence-electron chi connectivity index (χ0n) is 16.3. The molecule has 0 saturated heterocycles. The van der Waals surface area contributed by atoms with E-state index < -0.39 is 10.1 Å². The molecule has 1 atom stereocenters. The summed E-state index contributed by atoms with van der Waals surface area (Å²) in [5.74, 6) is 0.488. The van der Waals surface area contributed by atoms with Crippen molar-refractivity contribution in [2.75, 3.05) is 26.4 Å². The average molecular weight is 364 g/mol. The van der Waals surface area contributed by atoms with Crippen LogP contribution in [0.15, 0.2) is 0 Å². The fourth-order valence-electron chi connectivity index (χ4n) is 3.17. The molecular weight excluding hydrogens is 322 g/mol. The maximum Gasteiger partial charge on any atom is 0.264 e. The van der Waals surface area contributed by atoms with E-state index in [1.165, 1.54) is 64.2 Å². The largest absolute Gasteiger partial charge is 0.309 e. The Morgan fingerprint density at radius 3 is 1.79 bits per heavy atom. The molecule has 0 aliphatic rings. The molecule has 0 fully saturated rings. The zero-order valence-corrected chi connectivity index (χ0v) is 17.1. The molecule has 0 aliphatic carbocycles. The van der Waals surface area contributed by atoms with Crippen molar-refractivity contribution in [2.24, 2.45) is 5.92 Å². The topological polar surface area (TPSA) is 57.6 Å². The minimum atomic E-state index is -3.80. The monoisotopic (exact) mass is 363 g/mol. The van der Waals surface area contributed by atoms with Gasteiger partial charge < -0.3 is 4.90 Å². The quantitative estimate of drug-likeness (QED) is 0.287. The van der Waals surface area contributed by atoms with Crippen LogP contribution in [0.5, 0.6) is 0 Å². The minimum absolute atomic E-state index is 0.0940. The van der Waals surface area contributed by atoms with Gasteiger partial charge in [0, 0.05) is 0 Å². The van der Waals surface area contributed by atoms with E-state index in [9.17, 15) is 8.42 Å². The summed E-state index contributed by atoms with van der Waals surface area (Å²) in [5.41, 5.74) is 0. The second kappa shape index (κ2) is 15.2. The number of rotatable bonds is 17. The van der Waals surface area contributed by atoms with Crippen LogP contribution in [-0.4, -0.2) is 44.3 Å². The number of hydrogen-bond acceptors (Lipinski definition) is 3. The van der Waals surface area contributed by atoms with E-state index in [-0.39, 0.29) is 5.75 Å². The number of unbranched alkanes of at least 4 members (excludes halogenated alkanes) is 8. The smallest absolute Gasteiger partial charge is 0.264 e. The molecule has 4 nitrogen and oxygen atoms in total. The van der Waals surface area contributed by atoms with E-state index in [4.69, 9.17) is 4.55 Å². The average Bonchev–Trinajstić information content (AvgIpc) is 2.49. The summed E-state index contributed by atoms with van der Waals surface area (Å²) in [6.45, 7) is 3.30. The number of hydrogen-bond donors (Lipinski definition) is 1. The Morgan fingerprint density at radius 2 is 1.29 bits per heavy atom. The third kappa shape index (κ3) is 18.2. The molecule has 24 heavy (non-hydrogen) atoms. The fraction of sp³-hybridized carbons (Fsp3) is 1.00. The van der Waals surface area contributed by atoms with E-state index in [1.54, 1.807) is 0 Å². The summed E-state index contributed by atoms with van der Waals surface area (Å²) in [4.78, 5) is 2.19. The van der Waals surface area contributed by atoms with Crippen LogP contribution in [0.4, 0.5) is 0 Å². The first-order valence-corrected chi connectivity index (χ1v) is 11.6. The maximum atomic E-state index is 10.9. The van der Waals surface area contributed by atoms with Crippen LogP contribution >= 0.6 is 0 Å². The van der Waals surface area contributed by atoms with E-state index in [2.05, 4.69) is 25.9 Å². The maximum absolute atomic E-state index is 10.9. The Hall–Kier alpha value is -0.130. The molecule has 0 rings (SSSR count). The van der Waals surface area contributed by atoms with Gasteiger partial charge in [-0.15, -0.1) is 0 Å². The van der Waals surface area contributed by atoms with Crippen molar-refractivity contribution >= 4 is 10.1 Å². The second-order valence-corrected chi connectivity index (χ2v) is 9.08. The van der Waals surface area contributed by atoms with Gasteiger partial charge in [-0.05, 0) is 45.8 Å². The molecule has 146 valence electrons. The Balaban J connectivity index is 3.79. The normalized spacial score (nSPS) is 13.5. The molecule has 5 heteroatoms. The Morgan fingerprint density at radius 1 is 0.792 bits per heavy atom. The second-order valence-electron chi connectivity index (χ2n) is 7.50. The highest BCUT2D eigenvalue weighted by atomic mass is 32.2. The predicted molar refractivity (Wildman–Crippen MR) is 104 cm³/mol. The predicted octanol–water partition coefficient (Wildman–Crippen LogP) is 5.14. The summed E-state index contributed by atoms with van der Waals surface area (Å²) in [5, 5.41) is 0. The van der Waals surface area contributed by atoms with Crippen molar-refractivity contribution in [3.63, 3.8) is 0 Å². The van der Waals surface area contributed by atoms with Crippen molar-refractivity contribution in [1.82, 2.24) is 4.90 Å². The van der Waals surface area contributed by atoms with E-state index in [1.807, 2.05) is 0 Å². The molecule has 0 aromatic rings. The third-order valence-corrected chi connectivity index (χ3v) is 5.52. The van der Waals surface area contributed by atoms with Crippen LogP contribution in [0.3, 0.4) is 0 Å². The summed E-state index contributed by atoms with van der Waals surface area (Å²) in [6.07, 6.45) is 15.9. The first-order chi connectivity index (χ1) is 11.3. The minimum Gasteiger partial charge on any atom is -0.309 e. The molecule has 0 aromatic heterocycles. The first-order valence-electron chi connectivity index (χ1n) is 9.95. The molecule has 0 radical (unpaired) electrons.